The molecule has 0 bridgehead atoms. The van der Waals surface area contributed by atoms with Crippen molar-refractivity contribution in [2.24, 2.45) is 0 Å². The van der Waals surface area contributed by atoms with E-state index in [2.05, 4.69) is 15.4 Å². The minimum atomic E-state index is -3.56. The lowest BCUT2D eigenvalue weighted by atomic mass is 10.2. The summed E-state index contributed by atoms with van der Waals surface area (Å²) in [6.07, 6.45) is 2.40. The summed E-state index contributed by atoms with van der Waals surface area (Å²) in [6, 6.07) is 8.94. The third-order valence-electron chi connectivity index (χ3n) is 5.00. The highest BCUT2D eigenvalue weighted by Crippen LogP contribution is 2.31. The van der Waals surface area contributed by atoms with Gasteiger partial charge >= 0.3 is 0 Å². The summed E-state index contributed by atoms with van der Waals surface area (Å²) in [6.45, 7) is 5.00. The zero-order valence-corrected chi connectivity index (χ0v) is 14.8. The average Bonchev–Trinajstić information content (AvgIpc) is 3.35. The lowest BCUT2D eigenvalue weighted by Gasteiger charge is -2.32. The van der Waals surface area contributed by atoms with E-state index in [1.165, 1.54) is 6.20 Å². The van der Waals surface area contributed by atoms with Crippen molar-refractivity contribution >= 4 is 10.0 Å². The maximum atomic E-state index is 13.2. The molecule has 2 aliphatic heterocycles. The third kappa shape index (κ3) is 3.22. The Kier molecular flexibility index (Phi) is 4.60. The second kappa shape index (κ2) is 6.87. The monoisotopic (exact) mass is 362 g/mol. The summed E-state index contributed by atoms with van der Waals surface area (Å²) in [5, 5.41) is 7.04. The highest BCUT2D eigenvalue weighted by Gasteiger charge is 2.36. The van der Waals surface area contributed by atoms with Gasteiger partial charge in [-0.2, -0.15) is 4.31 Å². The first-order chi connectivity index (χ1) is 12.2. The highest BCUT2D eigenvalue weighted by molar-refractivity contribution is 7.89. The average molecular weight is 362 g/mol. The van der Waals surface area contributed by atoms with E-state index in [0.29, 0.717) is 30.5 Å². The Bertz CT molecular complexity index is 816. The Morgan fingerprint density at radius 3 is 2.68 bits per heavy atom. The smallest absolute Gasteiger partial charge is 0.243 e. The van der Waals surface area contributed by atoms with Gasteiger partial charge in [-0.3, -0.25) is 4.90 Å². The molecular weight excluding hydrogens is 340 g/mol. The molecule has 1 N–H and O–H groups in total. The summed E-state index contributed by atoms with van der Waals surface area (Å²) in [5.41, 5.74) is 0.561. The zero-order chi connectivity index (χ0) is 17.3. The molecule has 2 aromatic rings. The maximum absolute atomic E-state index is 13.2. The molecule has 0 spiro atoms. The number of hydrogen-bond donors (Lipinski definition) is 1. The Morgan fingerprint density at radius 2 is 1.92 bits per heavy atom. The molecule has 3 heterocycles. The minimum Gasteiger partial charge on any atom is -0.356 e. The largest absolute Gasteiger partial charge is 0.356 e. The van der Waals surface area contributed by atoms with E-state index in [4.69, 9.17) is 4.52 Å². The second-order valence-corrected chi connectivity index (χ2v) is 8.37. The van der Waals surface area contributed by atoms with Crippen LogP contribution < -0.4 is 5.32 Å². The van der Waals surface area contributed by atoms with Gasteiger partial charge in [-0.1, -0.05) is 17.3 Å². The van der Waals surface area contributed by atoms with Crippen LogP contribution in [0.3, 0.4) is 0 Å². The molecule has 25 heavy (non-hydrogen) atoms. The summed E-state index contributed by atoms with van der Waals surface area (Å²) >= 11 is 0. The molecule has 134 valence electrons. The zero-order valence-electron chi connectivity index (χ0n) is 14.0. The molecule has 8 heteroatoms. The fraction of sp³-hybridized carbons (Fsp3) is 0.471. The molecule has 4 rings (SSSR count). The van der Waals surface area contributed by atoms with E-state index < -0.39 is 10.0 Å². The third-order valence-corrected chi connectivity index (χ3v) is 6.93. The molecule has 2 fully saturated rings. The van der Waals surface area contributed by atoms with Gasteiger partial charge < -0.3 is 9.84 Å². The molecule has 1 unspecified atom stereocenters. The topological polar surface area (TPSA) is 78.7 Å². The van der Waals surface area contributed by atoms with Gasteiger partial charge in [0.25, 0.3) is 0 Å². The van der Waals surface area contributed by atoms with Gasteiger partial charge in [-0.15, -0.1) is 0 Å². The maximum Gasteiger partial charge on any atom is 0.243 e. The second-order valence-electron chi connectivity index (χ2n) is 6.46. The first kappa shape index (κ1) is 16.7. The van der Waals surface area contributed by atoms with E-state index >= 15 is 0 Å². The van der Waals surface area contributed by atoms with Crippen LogP contribution in [0.2, 0.25) is 0 Å². The van der Waals surface area contributed by atoms with Gasteiger partial charge in [-0.05, 0) is 18.6 Å². The first-order valence-electron chi connectivity index (χ1n) is 8.61. The van der Waals surface area contributed by atoms with Gasteiger partial charge in [0.15, 0.2) is 5.76 Å². The number of nitrogens with zero attached hydrogens (tertiary/aromatic N) is 3. The molecule has 0 saturated carbocycles. The number of sulfonamides is 1. The molecule has 1 aromatic heterocycles. The Labute approximate surface area is 147 Å². The normalized spacial score (nSPS) is 23.1. The molecule has 7 nitrogen and oxygen atoms in total. The quantitative estimate of drug-likeness (QED) is 0.875. The minimum absolute atomic E-state index is 0.285. The van der Waals surface area contributed by atoms with Gasteiger partial charge in [0.2, 0.25) is 10.0 Å². The van der Waals surface area contributed by atoms with Crippen LogP contribution >= 0.6 is 0 Å². The van der Waals surface area contributed by atoms with Crippen molar-refractivity contribution in [3.63, 3.8) is 0 Å². The van der Waals surface area contributed by atoms with Crippen LogP contribution in [-0.2, 0) is 10.0 Å². The Morgan fingerprint density at radius 1 is 1.12 bits per heavy atom. The number of benzene rings is 1. The summed E-state index contributed by atoms with van der Waals surface area (Å²) in [5.74, 6) is 0.469. The van der Waals surface area contributed by atoms with Crippen LogP contribution in [0.15, 0.2) is 45.9 Å². The number of rotatable bonds is 4. The van der Waals surface area contributed by atoms with Crippen LogP contribution in [0, 0.1) is 0 Å². The van der Waals surface area contributed by atoms with Crippen LogP contribution in [0.4, 0.5) is 0 Å². The van der Waals surface area contributed by atoms with Crippen LogP contribution in [0.25, 0.3) is 11.3 Å². The summed E-state index contributed by atoms with van der Waals surface area (Å²) in [4.78, 5) is 2.68. The van der Waals surface area contributed by atoms with Crippen molar-refractivity contribution in [3.05, 3.63) is 36.5 Å². The van der Waals surface area contributed by atoms with Crippen molar-refractivity contribution in [3.8, 4) is 11.3 Å². The van der Waals surface area contributed by atoms with Crippen LogP contribution in [0.5, 0.6) is 0 Å². The lowest BCUT2D eigenvalue weighted by molar-refractivity contribution is 0.179. The van der Waals surface area contributed by atoms with Gasteiger partial charge in [-0.25, -0.2) is 8.42 Å². The van der Waals surface area contributed by atoms with Crippen LogP contribution in [0.1, 0.15) is 6.42 Å². The number of aromatic nitrogens is 1. The van der Waals surface area contributed by atoms with Crippen LogP contribution in [-0.4, -0.2) is 68.1 Å². The van der Waals surface area contributed by atoms with Crippen molar-refractivity contribution in [2.75, 3.05) is 39.3 Å². The van der Waals surface area contributed by atoms with Crippen molar-refractivity contribution in [2.45, 2.75) is 17.4 Å². The molecule has 0 aliphatic carbocycles. The molecule has 2 aliphatic rings. The summed E-state index contributed by atoms with van der Waals surface area (Å²) in [7, 11) is -3.56. The first-order valence-corrected chi connectivity index (χ1v) is 10.1. The van der Waals surface area contributed by atoms with E-state index in [-0.39, 0.29) is 4.90 Å². The highest BCUT2D eigenvalue weighted by atomic mass is 32.2. The van der Waals surface area contributed by atoms with E-state index in [1.54, 1.807) is 28.6 Å². The van der Waals surface area contributed by atoms with Crippen molar-refractivity contribution < 1.29 is 12.9 Å². The predicted molar refractivity (Wildman–Crippen MR) is 93.5 cm³/mol. The molecule has 0 amide bonds. The molecule has 1 atom stereocenters. The standard InChI is InChI=1S/C17H22N4O3S/c22-25(23,17-4-2-1-3-15(17)16-5-7-19-24-16)21-10-6-14(13-21)20-11-8-18-9-12-20/h1-5,7,14,18H,6,8-13H2. The Hall–Kier alpha value is -1.74. The van der Waals surface area contributed by atoms with E-state index in [9.17, 15) is 8.42 Å². The van der Waals surface area contributed by atoms with Gasteiger partial charge in [0, 0.05) is 56.9 Å². The molecule has 0 radical (unpaired) electrons. The van der Waals surface area contributed by atoms with E-state index in [1.807, 2.05) is 6.07 Å². The fourth-order valence-electron chi connectivity index (χ4n) is 3.66. The number of hydrogen-bond acceptors (Lipinski definition) is 6. The summed E-state index contributed by atoms with van der Waals surface area (Å²) < 4.78 is 33.2. The lowest BCUT2D eigenvalue weighted by Crippen LogP contribution is -2.49. The van der Waals surface area contributed by atoms with Crippen molar-refractivity contribution in [1.82, 2.24) is 19.7 Å². The molecule has 1 aromatic carbocycles. The fourth-order valence-corrected chi connectivity index (χ4v) is 5.35. The SMILES string of the molecule is O=S(=O)(c1ccccc1-c1ccno1)N1CCC(N2CCNCC2)C1. The molecular formula is C17H22N4O3S. The van der Waals surface area contributed by atoms with Gasteiger partial charge in [0.1, 0.15) is 0 Å². The van der Waals surface area contributed by atoms with Gasteiger partial charge in [0.05, 0.1) is 11.1 Å². The van der Waals surface area contributed by atoms with E-state index in [0.717, 1.165) is 32.6 Å². The number of piperazine rings is 1. The van der Waals surface area contributed by atoms with Crippen molar-refractivity contribution in [1.29, 1.82) is 0 Å². The predicted octanol–water partition coefficient (Wildman–Crippen LogP) is 1.01. The number of nitrogens with one attached hydrogen (secondary N) is 1. The Balaban J connectivity index is 1.59. The molecule has 2 saturated heterocycles.